The van der Waals surface area contributed by atoms with Crippen molar-refractivity contribution >= 4 is 40.7 Å². The highest BCUT2D eigenvalue weighted by Gasteiger charge is 2.55. The number of nitrogens with one attached hydrogen (secondary N) is 2. The summed E-state index contributed by atoms with van der Waals surface area (Å²) < 4.78 is 30.0. The quantitative estimate of drug-likeness (QED) is 0.486. The molecule has 0 aliphatic carbocycles. The fourth-order valence-electron chi connectivity index (χ4n) is 4.88. The molecule has 37 heavy (non-hydrogen) atoms. The lowest BCUT2D eigenvalue weighted by atomic mass is 9.77. The second kappa shape index (κ2) is 9.16. The molecule has 2 N–H and O–H groups in total. The minimum Gasteiger partial charge on any atom is -0.420 e. The molecule has 0 saturated carbocycles. The molecule has 1 unspecified atom stereocenters. The largest absolute Gasteiger partial charge is 0.487 e. The molecule has 190 valence electrons. The lowest BCUT2D eigenvalue weighted by Crippen LogP contribution is -2.43. The maximum absolute atomic E-state index is 13.6. The number of aromatic nitrogens is 2. The van der Waals surface area contributed by atoms with Crippen molar-refractivity contribution in [1.82, 2.24) is 15.3 Å². The van der Waals surface area contributed by atoms with Gasteiger partial charge in [-0.25, -0.2) is 14.9 Å². The van der Waals surface area contributed by atoms with Gasteiger partial charge < -0.3 is 15.4 Å². The first-order valence-electron chi connectivity index (χ1n) is 11.3. The monoisotopic (exact) mass is 527 g/mol. The van der Waals surface area contributed by atoms with Gasteiger partial charge in [-0.1, -0.05) is 0 Å². The molecule has 5 rings (SSSR count). The number of imide groups is 1. The lowest BCUT2D eigenvalue weighted by Gasteiger charge is -2.23. The van der Waals surface area contributed by atoms with E-state index in [0.717, 1.165) is 4.90 Å². The Morgan fingerprint density at radius 2 is 1.89 bits per heavy atom. The molecule has 3 aromatic rings. The third-order valence-electron chi connectivity index (χ3n) is 6.40. The minimum absolute atomic E-state index is 0.173. The molecule has 1 spiro atoms. The van der Waals surface area contributed by atoms with E-state index in [1.165, 1.54) is 43.6 Å². The number of rotatable bonds is 5. The molecule has 2 aromatic carbocycles. The van der Waals surface area contributed by atoms with Gasteiger partial charge in [-0.15, -0.1) is 8.78 Å². The first-order chi connectivity index (χ1) is 17.6. The van der Waals surface area contributed by atoms with Crippen molar-refractivity contribution in [1.29, 1.82) is 0 Å². The summed E-state index contributed by atoms with van der Waals surface area (Å²) in [4.78, 5) is 48.7. The van der Waals surface area contributed by atoms with Crippen LogP contribution in [0.25, 0.3) is 11.1 Å². The topological polar surface area (TPSA) is 114 Å². The Kier molecular flexibility index (Phi) is 6.12. The van der Waals surface area contributed by atoms with Crippen LogP contribution in [0.4, 0.5) is 20.2 Å². The normalized spacial score (nSPS) is 18.7. The number of hydrogen-bond donors (Lipinski definition) is 2. The number of halogens is 3. The smallest absolute Gasteiger partial charge is 0.420 e. The number of ether oxygens (including phenoxy) is 1. The van der Waals surface area contributed by atoms with Crippen LogP contribution in [-0.4, -0.2) is 46.3 Å². The number of nitrogens with zero attached hydrogens (tertiary/aromatic N) is 3. The zero-order valence-corrected chi connectivity index (χ0v) is 20.2. The van der Waals surface area contributed by atoms with Crippen LogP contribution in [0.15, 0.2) is 55.1 Å². The number of carbonyl (C=O) groups is 3. The second-order valence-corrected chi connectivity index (χ2v) is 9.18. The van der Waals surface area contributed by atoms with E-state index in [2.05, 4.69) is 25.3 Å². The maximum atomic E-state index is 13.6. The number of benzene rings is 2. The van der Waals surface area contributed by atoms with Gasteiger partial charge in [0.2, 0.25) is 11.8 Å². The molecule has 1 saturated heterocycles. The van der Waals surface area contributed by atoms with Crippen LogP contribution in [0.3, 0.4) is 0 Å². The molecule has 1 atom stereocenters. The molecule has 9 nitrogen and oxygen atoms in total. The van der Waals surface area contributed by atoms with Crippen LogP contribution in [0.2, 0.25) is 0 Å². The van der Waals surface area contributed by atoms with E-state index < -0.39 is 22.8 Å². The second-order valence-electron chi connectivity index (χ2n) is 8.74. The van der Waals surface area contributed by atoms with Gasteiger partial charge in [0.1, 0.15) is 12.1 Å². The van der Waals surface area contributed by atoms with E-state index in [-0.39, 0.29) is 17.2 Å². The van der Waals surface area contributed by atoms with Gasteiger partial charge >= 0.3 is 5.57 Å². The third kappa shape index (κ3) is 4.51. The minimum atomic E-state index is -3.86. The molecule has 0 bridgehead atoms. The Balaban J connectivity index is 1.57. The number of fused-ring (bicyclic) bond motifs is 2. The van der Waals surface area contributed by atoms with Crippen molar-refractivity contribution in [3.8, 4) is 16.9 Å². The molecular formula is C25H20ClF2N5O4. The molecule has 2 aliphatic heterocycles. The average Bonchev–Trinajstić information content (AvgIpc) is 3.43. The Morgan fingerprint density at radius 1 is 1.19 bits per heavy atom. The van der Waals surface area contributed by atoms with E-state index in [0.29, 0.717) is 47.6 Å². The summed E-state index contributed by atoms with van der Waals surface area (Å²) in [6, 6.07) is 8.35. The summed E-state index contributed by atoms with van der Waals surface area (Å²) in [7, 11) is 0. The summed E-state index contributed by atoms with van der Waals surface area (Å²) in [5.41, 5.74) is -2.21. The summed E-state index contributed by atoms with van der Waals surface area (Å²) >= 11 is 4.78. The van der Waals surface area contributed by atoms with Gasteiger partial charge in [-0.2, -0.15) is 0 Å². The number of anilines is 2. The summed E-state index contributed by atoms with van der Waals surface area (Å²) in [6.07, 6.45) is 5.01. The molecule has 1 aromatic heterocycles. The molecule has 12 heteroatoms. The molecular weight excluding hydrogens is 508 g/mol. The zero-order chi connectivity index (χ0) is 26.4. The van der Waals surface area contributed by atoms with Gasteiger partial charge in [-0.3, -0.25) is 14.4 Å². The molecule has 1 fully saturated rings. The Morgan fingerprint density at radius 3 is 2.49 bits per heavy atom. The van der Waals surface area contributed by atoms with Crippen LogP contribution in [-0.2, 0) is 15.0 Å². The van der Waals surface area contributed by atoms with Crippen molar-refractivity contribution in [2.45, 2.75) is 24.3 Å². The standard InChI is InChI=1S/C25H20ClF2N5O4/c1-14(34)33-20-9-15(22(35)32-17-2-4-18(5-3-17)37-25(26,27)28)8-19(16-10-30-13-31-11-16)21(20)24(23(33)36)6-7-29-12-24/h2-5,8-11,13,29H,6-7,12H2,1H3,(H,32,35). The average molecular weight is 528 g/mol. The van der Waals surface area contributed by atoms with Crippen molar-refractivity contribution in [3.63, 3.8) is 0 Å². The van der Waals surface area contributed by atoms with Crippen molar-refractivity contribution in [3.05, 3.63) is 66.2 Å². The van der Waals surface area contributed by atoms with Gasteiger partial charge in [-0.05, 0) is 54.9 Å². The Hall–Kier alpha value is -3.96. The van der Waals surface area contributed by atoms with Crippen molar-refractivity contribution < 1.29 is 27.9 Å². The van der Waals surface area contributed by atoms with Gasteiger partial charge in [0.05, 0.1) is 11.1 Å². The van der Waals surface area contributed by atoms with Crippen molar-refractivity contribution in [2.75, 3.05) is 23.3 Å². The predicted octanol–water partition coefficient (Wildman–Crippen LogP) is 3.69. The first-order valence-corrected chi connectivity index (χ1v) is 11.6. The fraction of sp³-hybridized carbons (Fsp3) is 0.240. The molecule has 3 heterocycles. The van der Waals surface area contributed by atoms with Crippen LogP contribution >= 0.6 is 11.6 Å². The number of amides is 3. The highest BCUT2D eigenvalue weighted by atomic mass is 35.5. The van der Waals surface area contributed by atoms with Crippen molar-refractivity contribution in [2.24, 2.45) is 0 Å². The first kappa shape index (κ1) is 24.7. The lowest BCUT2D eigenvalue weighted by molar-refractivity contribution is -0.127. The summed E-state index contributed by atoms with van der Waals surface area (Å²) in [5, 5.41) is 5.91. The van der Waals surface area contributed by atoms with Crippen LogP contribution in [0.5, 0.6) is 5.75 Å². The molecule has 2 aliphatic rings. The van der Waals surface area contributed by atoms with Crippen LogP contribution < -0.4 is 20.3 Å². The van der Waals surface area contributed by atoms with Crippen LogP contribution in [0.1, 0.15) is 29.3 Å². The van der Waals surface area contributed by atoms with E-state index in [9.17, 15) is 23.2 Å². The highest BCUT2D eigenvalue weighted by Crippen LogP contribution is 2.50. The Labute approximate surface area is 214 Å². The number of hydrogen-bond acceptors (Lipinski definition) is 7. The fourth-order valence-corrected chi connectivity index (χ4v) is 4.97. The van der Waals surface area contributed by atoms with E-state index in [4.69, 9.17) is 11.6 Å². The summed E-state index contributed by atoms with van der Waals surface area (Å²) in [5.74, 6) is -1.54. The predicted molar refractivity (Wildman–Crippen MR) is 131 cm³/mol. The van der Waals surface area contributed by atoms with Crippen LogP contribution in [0, 0.1) is 0 Å². The molecule has 3 amide bonds. The van der Waals surface area contributed by atoms with E-state index in [1.807, 2.05) is 0 Å². The highest BCUT2D eigenvalue weighted by molar-refractivity contribution is 6.24. The van der Waals surface area contributed by atoms with Gasteiger partial charge in [0.25, 0.3) is 5.91 Å². The number of alkyl halides is 3. The molecule has 0 radical (unpaired) electrons. The summed E-state index contributed by atoms with van der Waals surface area (Å²) in [6.45, 7) is 2.25. The third-order valence-corrected chi connectivity index (χ3v) is 6.48. The SMILES string of the molecule is CC(=O)N1C(=O)C2(CCNC2)c2c(-c3cncnc3)cc(C(=O)Nc3ccc(OC(F)(F)Cl)cc3)cc21. The number of carbonyl (C=O) groups excluding carboxylic acids is 3. The van der Waals surface area contributed by atoms with E-state index >= 15 is 0 Å². The van der Waals surface area contributed by atoms with Gasteiger partial charge in [0, 0.05) is 59.8 Å². The zero-order valence-electron chi connectivity index (χ0n) is 19.4. The van der Waals surface area contributed by atoms with Gasteiger partial charge in [0.15, 0.2) is 0 Å². The Bertz CT molecular complexity index is 1390. The van der Waals surface area contributed by atoms with E-state index in [1.54, 1.807) is 18.5 Å². The maximum Gasteiger partial charge on any atom is 0.487 e.